The summed E-state index contributed by atoms with van der Waals surface area (Å²) in [5.41, 5.74) is 6.60. The Morgan fingerprint density at radius 2 is 2.16 bits per heavy atom. The minimum Gasteiger partial charge on any atom is -0.491 e. The van der Waals surface area contributed by atoms with Gasteiger partial charge in [0.1, 0.15) is 5.75 Å². The van der Waals surface area contributed by atoms with Crippen LogP contribution >= 0.6 is 0 Å². The molecule has 0 bridgehead atoms. The maximum atomic E-state index is 11.7. The summed E-state index contributed by atoms with van der Waals surface area (Å²) in [6.07, 6.45) is 0.539. The van der Waals surface area contributed by atoms with E-state index < -0.39 is 0 Å². The molecule has 1 rings (SSSR count). The van der Waals surface area contributed by atoms with E-state index in [9.17, 15) is 4.79 Å². The van der Waals surface area contributed by atoms with Crippen molar-refractivity contribution in [3.05, 3.63) is 23.8 Å². The Hall–Kier alpha value is -1.75. The van der Waals surface area contributed by atoms with Crippen LogP contribution in [0.1, 0.15) is 30.6 Å². The molecule has 5 nitrogen and oxygen atoms in total. The second kappa shape index (κ2) is 7.63. The maximum absolute atomic E-state index is 11.7. The lowest BCUT2D eigenvalue weighted by Gasteiger charge is -2.10. The Balaban J connectivity index is 2.62. The third-order valence-corrected chi connectivity index (χ3v) is 2.35. The average Bonchev–Trinajstić information content (AvgIpc) is 2.38. The molecule has 0 saturated carbocycles. The fourth-order valence-electron chi connectivity index (χ4n) is 1.38. The predicted molar refractivity (Wildman–Crippen MR) is 73.2 cm³/mol. The van der Waals surface area contributed by atoms with Crippen LogP contribution in [-0.2, 0) is 4.74 Å². The number of benzene rings is 1. The van der Waals surface area contributed by atoms with E-state index in [1.807, 2.05) is 13.8 Å². The molecule has 19 heavy (non-hydrogen) atoms. The Morgan fingerprint density at radius 1 is 1.42 bits per heavy atom. The van der Waals surface area contributed by atoms with Crippen molar-refractivity contribution in [2.75, 3.05) is 25.6 Å². The van der Waals surface area contributed by atoms with Gasteiger partial charge in [0.2, 0.25) is 0 Å². The number of hydrogen-bond donors (Lipinski definition) is 2. The van der Waals surface area contributed by atoms with Gasteiger partial charge in [0.25, 0.3) is 0 Å². The van der Waals surface area contributed by atoms with Crippen molar-refractivity contribution in [3.8, 4) is 5.75 Å². The Bertz CT molecular complexity index is 418. The molecule has 1 aromatic rings. The van der Waals surface area contributed by atoms with E-state index >= 15 is 0 Å². The molecule has 0 atom stereocenters. The van der Waals surface area contributed by atoms with Crippen LogP contribution in [0.4, 0.5) is 5.69 Å². The summed E-state index contributed by atoms with van der Waals surface area (Å²) in [5, 5.41) is 8.66. The van der Waals surface area contributed by atoms with Crippen LogP contribution in [0.25, 0.3) is 0 Å². The molecule has 0 spiro atoms. The number of carbonyl (C=O) groups excluding carboxylic acids is 1. The lowest BCUT2D eigenvalue weighted by molar-refractivity contribution is 0.0459. The Kier molecular flexibility index (Phi) is 6.15. The smallest absolute Gasteiger partial charge is 0.338 e. The molecule has 0 saturated heterocycles. The van der Waals surface area contributed by atoms with Gasteiger partial charge in [-0.25, -0.2) is 4.79 Å². The molecule has 0 aromatic heterocycles. The summed E-state index contributed by atoms with van der Waals surface area (Å²) < 4.78 is 10.5. The number of aliphatic hydroxyl groups excluding tert-OH is 1. The minimum absolute atomic E-state index is 0.0690. The van der Waals surface area contributed by atoms with E-state index in [2.05, 4.69) is 0 Å². The fraction of sp³-hybridized carbons (Fsp3) is 0.500. The number of hydrogen-bond acceptors (Lipinski definition) is 5. The number of esters is 1. The third kappa shape index (κ3) is 5.18. The largest absolute Gasteiger partial charge is 0.491 e. The number of aliphatic hydroxyl groups is 1. The van der Waals surface area contributed by atoms with Crippen molar-refractivity contribution in [1.29, 1.82) is 0 Å². The predicted octanol–water partition coefficient (Wildman–Crippen LogP) is 1.84. The summed E-state index contributed by atoms with van der Waals surface area (Å²) in [5.74, 6) is 0.415. The fourth-order valence-corrected chi connectivity index (χ4v) is 1.38. The van der Waals surface area contributed by atoms with E-state index in [4.69, 9.17) is 20.3 Å². The first-order chi connectivity index (χ1) is 9.04. The first-order valence-corrected chi connectivity index (χ1v) is 6.35. The summed E-state index contributed by atoms with van der Waals surface area (Å²) >= 11 is 0. The zero-order valence-electron chi connectivity index (χ0n) is 11.4. The van der Waals surface area contributed by atoms with Crippen LogP contribution in [-0.4, -0.2) is 30.9 Å². The average molecular weight is 267 g/mol. The monoisotopic (exact) mass is 267 g/mol. The molecule has 0 fully saturated rings. The van der Waals surface area contributed by atoms with Crippen LogP contribution in [0.2, 0.25) is 0 Å². The van der Waals surface area contributed by atoms with E-state index in [0.29, 0.717) is 42.6 Å². The summed E-state index contributed by atoms with van der Waals surface area (Å²) in [6, 6.07) is 4.79. The Morgan fingerprint density at radius 3 is 2.74 bits per heavy atom. The van der Waals surface area contributed by atoms with Crippen molar-refractivity contribution >= 4 is 11.7 Å². The van der Waals surface area contributed by atoms with Gasteiger partial charge in [-0.05, 0) is 24.1 Å². The first-order valence-electron chi connectivity index (χ1n) is 6.35. The Labute approximate surface area is 113 Å². The molecule has 106 valence electrons. The van der Waals surface area contributed by atoms with Gasteiger partial charge in [0.05, 0.1) is 24.5 Å². The van der Waals surface area contributed by atoms with Gasteiger partial charge in [0, 0.05) is 13.0 Å². The minimum atomic E-state index is -0.387. The number of anilines is 1. The lowest BCUT2D eigenvalue weighted by atomic mass is 10.2. The van der Waals surface area contributed by atoms with E-state index in [-0.39, 0.29) is 12.6 Å². The SMILES string of the molecule is CC(C)COC(=O)c1ccc(OCCCO)c(N)c1. The summed E-state index contributed by atoms with van der Waals surface area (Å²) in [7, 11) is 0. The second-order valence-electron chi connectivity index (χ2n) is 4.67. The zero-order chi connectivity index (χ0) is 14.3. The standard InChI is InChI=1S/C14H21NO4/c1-10(2)9-19-14(17)11-4-5-13(12(15)8-11)18-7-3-6-16/h4-5,8,10,16H,3,6-7,9,15H2,1-2H3. The van der Waals surface area contributed by atoms with E-state index in [1.54, 1.807) is 12.1 Å². The quantitative estimate of drug-likeness (QED) is 0.447. The van der Waals surface area contributed by atoms with Crippen molar-refractivity contribution in [2.45, 2.75) is 20.3 Å². The highest BCUT2D eigenvalue weighted by Crippen LogP contribution is 2.23. The molecule has 0 aliphatic heterocycles. The van der Waals surface area contributed by atoms with E-state index in [1.165, 1.54) is 6.07 Å². The van der Waals surface area contributed by atoms with Crippen molar-refractivity contribution in [3.63, 3.8) is 0 Å². The molecule has 5 heteroatoms. The topological polar surface area (TPSA) is 81.8 Å². The van der Waals surface area contributed by atoms with Crippen LogP contribution in [0, 0.1) is 5.92 Å². The van der Waals surface area contributed by atoms with Crippen LogP contribution in [0.5, 0.6) is 5.75 Å². The van der Waals surface area contributed by atoms with Gasteiger partial charge >= 0.3 is 5.97 Å². The molecule has 0 aliphatic carbocycles. The molecule has 3 N–H and O–H groups in total. The maximum Gasteiger partial charge on any atom is 0.338 e. The van der Waals surface area contributed by atoms with Gasteiger partial charge in [-0.1, -0.05) is 13.8 Å². The van der Waals surface area contributed by atoms with Gasteiger partial charge in [0.15, 0.2) is 0 Å². The lowest BCUT2D eigenvalue weighted by Crippen LogP contribution is -2.11. The summed E-state index contributed by atoms with van der Waals surface area (Å²) in [4.78, 5) is 11.7. The highest BCUT2D eigenvalue weighted by atomic mass is 16.5. The molecule has 0 amide bonds. The molecule has 0 aliphatic rings. The van der Waals surface area contributed by atoms with Crippen molar-refractivity contribution < 1.29 is 19.4 Å². The normalized spacial score (nSPS) is 10.5. The zero-order valence-corrected chi connectivity index (χ0v) is 11.4. The highest BCUT2D eigenvalue weighted by molar-refractivity contribution is 5.91. The van der Waals surface area contributed by atoms with Crippen LogP contribution < -0.4 is 10.5 Å². The van der Waals surface area contributed by atoms with E-state index in [0.717, 1.165) is 0 Å². The van der Waals surface area contributed by atoms with Gasteiger partial charge in [-0.15, -0.1) is 0 Å². The summed E-state index contributed by atoms with van der Waals surface area (Å²) in [6.45, 7) is 4.78. The first kappa shape index (κ1) is 15.3. The number of rotatable bonds is 7. The molecular formula is C14H21NO4. The second-order valence-corrected chi connectivity index (χ2v) is 4.67. The number of nitrogen functional groups attached to an aromatic ring is 1. The number of nitrogens with two attached hydrogens (primary N) is 1. The molecule has 1 aromatic carbocycles. The van der Waals surface area contributed by atoms with Crippen LogP contribution in [0.15, 0.2) is 18.2 Å². The molecular weight excluding hydrogens is 246 g/mol. The van der Waals surface area contributed by atoms with Gasteiger partial charge < -0.3 is 20.3 Å². The van der Waals surface area contributed by atoms with Crippen molar-refractivity contribution in [1.82, 2.24) is 0 Å². The van der Waals surface area contributed by atoms with Crippen LogP contribution in [0.3, 0.4) is 0 Å². The van der Waals surface area contributed by atoms with Crippen molar-refractivity contribution in [2.24, 2.45) is 5.92 Å². The third-order valence-electron chi connectivity index (χ3n) is 2.35. The highest BCUT2D eigenvalue weighted by Gasteiger charge is 2.10. The van der Waals surface area contributed by atoms with Gasteiger partial charge in [-0.2, -0.15) is 0 Å². The molecule has 0 heterocycles. The number of carbonyl (C=O) groups is 1. The molecule has 0 radical (unpaired) electrons. The molecule has 0 unspecified atom stereocenters. The number of ether oxygens (including phenoxy) is 2. The van der Waals surface area contributed by atoms with Gasteiger partial charge in [-0.3, -0.25) is 0 Å².